The molecule has 0 spiro atoms. The molecule has 1 rings (SSSR count). The van der Waals surface area contributed by atoms with Crippen LogP contribution in [0.2, 0.25) is 0 Å². The molecule has 3 heteroatoms. The summed E-state index contributed by atoms with van der Waals surface area (Å²) < 4.78 is 12.8. The molecule has 0 amide bonds. The Morgan fingerprint density at radius 1 is 1.46 bits per heavy atom. The highest BCUT2D eigenvalue weighted by Gasteiger charge is 2.26. The van der Waals surface area contributed by atoms with Gasteiger partial charge >= 0.3 is 0 Å². The predicted molar refractivity (Wildman–Crippen MR) is 47.7 cm³/mol. The Morgan fingerprint density at radius 2 is 2.15 bits per heavy atom. The van der Waals surface area contributed by atoms with Gasteiger partial charge < -0.3 is 10.2 Å². The van der Waals surface area contributed by atoms with E-state index in [1.807, 2.05) is 0 Å². The second-order valence-electron chi connectivity index (χ2n) is 3.05. The van der Waals surface area contributed by atoms with Crippen molar-refractivity contribution in [2.75, 3.05) is 6.61 Å². The lowest BCUT2D eigenvalue weighted by Crippen LogP contribution is -2.29. The molecule has 72 valence electrons. The Balaban J connectivity index is 3.05. The number of aliphatic hydroxyl groups excluding tert-OH is 1. The van der Waals surface area contributed by atoms with Crippen molar-refractivity contribution in [1.82, 2.24) is 0 Å². The summed E-state index contributed by atoms with van der Waals surface area (Å²) in [4.78, 5) is 0. The molecule has 0 aromatic heterocycles. The van der Waals surface area contributed by atoms with Crippen LogP contribution in [0.15, 0.2) is 24.3 Å². The number of benzene rings is 1. The Bertz CT molecular complexity index is 282. The highest BCUT2D eigenvalue weighted by Crippen LogP contribution is 2.24. The van der Waals surface area contributed by atoms with Crippen molar-refractivity contribution in [3.8, 4) is 0 Å². The Hall–Kier alpha value is -0.930. The van der Waals surface area contributed by atoms with Gasteiger partial charge in [-0.2, -0.15) is 0 Å². The van der Waals surface area contributed by atoms with Crippen LogP contribution in [-0.4, -0.2) is 16.8 Å². The van der Waals surface area contributed by atoms with E-state index in [1.165, 1.54) is 18.2 Å². The monoisotopic (exact) mass is 184 g/mol. The average molecular weight is 184 g/mol. The molecular formula is C10H13FO2. The number of rotatable bonds is 3. The van der Waals surface area contributed by atoms with Gasteiger partial charge in [0.15, 0.2) is 0 Å². The molecule has 13 heavy (non-hydrogen) atoms. The van der Waals surface area contributed by atoms with Crippen molar-refractivity contribution in [3.63, 3.8) is 0 Å². The van der Waals surface area contributed by atoms with Gasteiger partial charge in [-0.15, -0.1) is 0 Å². The van der Waals surface area contributed by atoms with Gasteiger partial charge in [-0.05, 0) is 24.1 Å². The van der Waals surface area contributed by atoms with Gasteiger partial charge in [0.25, 0.3) is 0 Å². The molecule has 1 unspecified atom stereocenters. The molecule has 0 heterocycles. The first-order valence-electron chi connectivity index (χ1n) is 4.21. The van der Waals surface area contributed by atoms with Gasteiger partial charge in [0.1, 0.15) is 11.4 Å². The summed E-state index contributed by atoms with van der Waals surface area (Å²) in [5.41, 5.74) is -0.903. The van der Waals surface area contributed by atoms with E-state index in [4.69, 9.17) is 5.11 Å². The lowest BCUT2D eigenvalue weighted by atomic mass is 9.92. The lowest BCUT2D eigenvalue weighted by molar-refractivity contribution is -0.0224. The fraction of sp³-hybridized carbons (Fsp3) is 0.400. The van der Waals surface area contributed by atoms with Crippen LogP contribution in [0, 0.1) is 5.82 Å². The molecule has 0 radical (unpaired) electrons. The topological polar surface area (TPSA) is 40.5 Å². The first-order chi connectivity index (χ1) is 6.12. The lowest BCUT2D eigenvalue weighted by Gasteiger charge is -2.24. The molecule has 0 aliphatic rings. The fourth-order valence-corrected chi connectivity index (χ4v) is 1.19. The maximum absolute atomic E-state index is 12.8. The molecule has 1 atom stereocenters. The average Bonchev–Trinajstić information content (AvgIpc) is 2.17. The smallest absolute Gasteiger partial charge is 0.123 e. The van der Waals surface area contributed by atoms with Gasteiger partial charge in [0.2, 0.25) is 0 Å². The highest BCUT2D eigenvalue weighted by molar-refractivity contribution is 5.23. The van der Waals surface area contributed by atoms with Crippen molar-refractivity contribution in [1.29, 1.82) is 0 Å². The minimum Gasteiger partial charge on any atom is -0.393 e. The number of hydrogen-bond acceptors (Lipinski definition) is 2. The van der Waals surface area contributed by atoms with Gasteiger partial charge in [-0.3, -0.25) is 0 Å². The van der Waals surface area contributed by atoms with Crippen LogP contribution < -0.4 is 0 Å². The van der Waals surface area contributed by atoms with Gasteiger partial charge in [0, 0.05) is 0 Å². The van der Waals surface area contributed by atoms with E-state index >= 15 is 0 Å². The maximum Gasteiger partial charge on any atom is 0.123 e. The largest absolute Gasteiger partial charge is 0.393 e. The van der Waals surface area contributed by atoms with Crippen LogP contribution in [0.5, 0.6) is 0 Å². The summed E-state index contributed by atoms with van der Waals surface area (Å²) in [6, 6.07) is 5.65. The van der Waals surface area contributed by atoms with E-state index < -0.39 is 18.0 Å². The second kappa shape index (κ2) is 3.85. The Morgan fingerprint density at radius 3 is 2.62 bits per heavy atom. The molecule has 2 N–H and O–H groups in total. The summed E-state index contributed by atoms with van der Waals surface area (Å²) in [7, 11) is 0. The first kappa shape index (κ1) is 10.2. The standard InChI is InChI=1S/C10H13FO2/c1-2-10(13,7-12)8-4-3-5-9(11)6-8/h3-6,12-13H,2,7H2,1H3. The molecule has 0 fully saturated rings. The second-order valence-corrected chi connectivity index (χ2v) is 3.05. The molecule has 0 saturated heterocycles. The van der Waals surface area contributed by atoms with E-state index in [2.05, 4.69) is 0 Å². The van der Waals surface area contributed by atoms with Crippen molar-refractivity contribution in [3.05, 3.63) is 35.6 Å². The van der Waals surface area contributed by atoms with Crippen molar-refractivity contribution in [2.24, 2.45) is 0 Å². The summed E-state index contributed by atoms with van der Waals surface area (Å²) in [6.07, 6.45) is 0.354. The first-order valence-corrected chi connectivity index (χ1v) is 4.21. The van der Waals surface area contributed by atoms with Crippen LogP contribution in [0.4, 0.5) is 4.39 Å². The van der Waals surface area contributed by atoms with Crippen LogP contribution >= 0.6 is 0 Å². The van der Waals surface area contributed by atoms with Crippen LogP contribution in [-0.2, 0) is 5.60 Å². The zero-order valence-electron chi connectivity index (χ0n) is 7.50. The molecule has 1 aromatic carbocycles. The predicted octanol–water partition coefficient (Wildman–Crippen LogP) is 1.42. The quantitative estimate of drug-likeness (QED) is 0.745. The van der Waals surface area contributed by atoms with E-state index in [-0.39, 0.29) is 0 Å². The van der Waals surface area contributed by atoms with E-state index in [0.717, 1.165) is 0 Å². The molecule has 0 saturated carbocycles. The van der Waals surface area contributed by atoms with E-state index in [0.29, 0.717) is 12.0 Å². The molecule has 0 aliphatic carbocycles. The minimum atomic E-state index is -1.32. The number of halogens is 1. The third-order valence-electron chi connectivity index (χ3n) is 2.21. The van der Waals surface area contributed by atoms with Crippen molar-refractivity contribution >= 4 is 0 Å². The van der Waals surface area contributed by atoms with Gasteiger partial charge in [-0.1, -0.05) is 19.1 Å². The normalized spacial score (nSPS) is 15.4. The number of hydrogen-bond donors (Lipinski definition) is 2. The minimum absolute atomic E-state index is 0.354. The van der Waals surface area contributed by atoms with Gasteiger partial charge in [0.05, 0.1) is 6.61 Å². The Labute approximate surface area is 76.6 Å². The maximum atomic E-state index is 12.8. The molecule has 0 aliphatic heterocycles. The summed E-state index contributed by atoms with van der Waals surface area (Å²) in [5, 5.41) is 18.8. The summed E-state index contributed by atoms with van der Waals surface area (Å²) in [5.74, 6) is -0.405. The van der Waals surface area contributed by atoms with Crippen LogP contribution in [0.3, 0.4) is 0 Å². The van der Waals surface area contributed by atoms with Crippen molar-refractivity contribution < 1.29 is 14.6 Å². The SMILES string of the molecule is CCC(O)(CO)c1cccc(F)c1. The Kier molecular flexibility index (Phi) is 3.01. The summed E-state index contributed by atoms with van der Waals surface area (Å²) in [6.45, 7) is 1.34. The molecule has 0 bridgehead atoms. The molecular weight excluding hydrogens is 171 g/mol. The third kappa shape index (κ3) is 2.05. The van der Waals surface area contributed by atoms with Crippen molar-refractivity contribution in [2.45, 2.75) is 18.9 Å². The number of aliphatic hydroxyl groups is 2. The molecule has 1 aromatic rings. The van der Waals surface area contributed by atoms with Gasteiger partial charge in [-0.25, -0.2) is 4.39 Å². The highest BCUT2D eigenvalue weighted by atomic mass is 19.1. The molecule has 2 nitrogen and oxygen atoms in total. The van der Waals surface area contributed by atoms with Crippen LogP contribution in [0.1, 0.15) is 18.9 Å². The van der Waals surface area contributed by atoms with E-state index in [1.54, 1.807) is 13.0 Å². The fourth-order valence-electron chi connectivity index (χ4n) is 1.19. The zero-order valence-corrected chi connectivity index (χ0v) is 7.50. The third-order valence-corrected chi connectivity index (χ3v) is 2.21. The summed E-state index contributed by atoms with van der Waals surface area (Å²) >= 11 is 0. The van der Waals surface area contributed by atoms with Crippen LogP contribution in [0.25, 0.3) is 0 Å². The van der Waals surface area contributed by atoms with E-state index in [9.17, 15) is 9.50 Å². The zero-order chi connectivity index (χ0) is 9.90.